The lowest BCUT2D eigenvalue weighted by atomic mass is 10.2. The number of hydrogen-bond acceptors (Lipinski definition) is 3. The number of rotatable bonds is 4. The lowest BCUT2D eigenvalue weighted by Crippen LogP contribution is -1.95. The lowest BCUT2D eigenvalue weighted by molar-refractivity contribution is 0.287. The zero-order valence-electron chi connectivity index (χ0n) is 11.6. The summed E-state index contributed by atoms with van der Waals surface area (Å²) in [6, 6.07) is 16.4. The maximum absolute atomic E-state index is 5.86. The van der Waals surface area contributed by atoms with Crippen molar-refractivity contribution < 1.29 is 9.47 Å². The number of hydrogen-bond donors (Lipinski definition) is 0. The van der Waals surface area contributed by atoms with Gasteiger partial charge in [0.05, 0.1) is 7.11 Å². The molecule has 20 heavy (non-hydrogen) atoms. The highest BCUT2D eigenvalue weighted by Crippen LogP contribution is 2.30. The first-order valence-corrected chi connectivity index (χ1v) is 7.33. The largest absolute Gasteiger partial charge is 0.493 e. The SMILES string of the molecule is COc1ccccc1OCc1cc2cc(C)ccc2s1. The van der Waals surface area contributed by atoms with E-state index < -0.39 is 0 Å². The highest BCUT2D eigenvalue weighted by Gasteiger charge is 2.06. The molecule has 0 fully saturated rings. The van der Waals surface area contributed by atoms with Crippen molar-refractivity contribution in [3.8, 4) is 11.5 Å². The van der Waals surface area contributed by atoms with Crippen LogP contribution >= 0.6 is 11.3 Å². The molecule has 0 aliphatic carbocycles. The minimum atomic E-state index is 0.568. The fourth-order valence-electron chi connectivity index (χ4n) is 2.18. The normalized spacial score (nSPS) is 10.7. The predicted octanol–water partition coefficient (Wildman–Crippen LogP) is 4.80. The van der Waals surface area contributed by atoms with E-state index in [0.29, 0.717) is 6.61 Å². The number of methoxy groups -OCH3 is 1. The Labute approximate surface area is 122 Å². The molecule has 2 aromatic carbocycles. The van der Waals surface area contributed by atoms with Gasteiger partial charge in [-0.15, -0.1) is 11.3 Å². The number of para-hydroxylation sites is 2. The number of benzene rings is 2. The van der Waals surface area contributed by atoms with Gasteiger partial charge in [-0.2, -0.15) is 0 Å². The van der Waals surface area contributed by atoms with Crippen molar-refractivity contribution >= 4 is 21.4 Å². The van der Waals surface area contributed by atoms with Gasteiger partial charge in [-0.25, -0.2) is 0 Å². The van der Waals surface area contributed by atoms with Gasteiger partial charge in [0.25, 0.3) is 0 Å². The summed E-state index contributed by atoms with van der Waals surface area (Å²) in [6.07, 6.45) is 0. The van der Waals surface area contributed by atoms with Gasteiger partial charge in [-0.1, -0.05) is 29.8 Å². The highest BCUT2D eigenvalue weighted by molar-refractivity contribution is 7.19. The van der Waals surface area contributed by atoms with Gasteiger partial charge in [-0.05, 0) is 36.6 Å². The summed E-state index contributed by atoms with van der Waals surface area (Å²) in [7, 11) is 1.66. The molecule has 2 nitrogen and oxygen atoms in total. The van der Waals surface area contributed by atoms with Crippen molar-refractivity contribution in [2.45, 2.75) is 13.5 Å². The Morgan fingerprint density at radius 3 is 2.60 bits per heavy atom. The first-order valence-electron chi connectivity index (χ1n) is 6.51. The summed E-state index contributed by atoms with van der Waals surface area (Å²) < 4.78 is 12.4. The second-order valence-electron chi connectivity index (χ2n) is 4.69. The maximum Gasteiger partial charge on any atom is 0.161 e. The maximum atomic E-state index is 5.86. The van der Waals surface area contributed by atoms with E-state index >= 15 is 0 Å². The van der Waals surface area contributed by atoms with Gasteiger partial charge in [0.15, 0.2) is 11.5 Å². The molecular weight excluding hydrogens is 268 g/mol. The van der Waals surface area contributed by atoms with Crippen molar-refractivity contribution in [1.82, 2.24) is 0 Å². The van der Waals surface area contributed by atoms with Gasteiger partial charge < -0.3 is 9.47 Å². The summed E-state index contributed by atoms with van der Waals surface area (Å²) in [6.45, 7) is 2.68. The van der Waals surface area contributed by atoms with Crippen LogP contribution in [0.15, 0.2) is 48.5 Å². The quantitative estimate of drug-likeness (QED) is 0.685. The zero-order valence-corrected chi connectivity index (χ0v) is 12.4. The molecule has 0 aliphatic heterocycles. The molecule has 0 saturated heterocycles. The summed E-state index contributed by atoms with van der Waals surface area (Å²) in [5.41, 5.74) is 1.28. The summed E-state index contributed by atoms with van der Waals surface area (Å²) >= 11 is 1.77. The van der Waals surface area contributed by atoms with Crippen molar-refractivity contribution in [3.05, 3.63) is 59.0 Å². The van der Waals surface area contributed by atoms with E-state index in [0.717, 1.165) is 11.5 Å². The molecule has 0 radical (unpaired) electrons. The Bertz CT molecular complexity index is 731. The second-order valence-corrected chi connectivity index (χ2v) is 5.86. The Hall–Kier alpha value is -2.00. The minimum absolute atomic E-state index is 0.568. The van der Waals surface area contributed by atoms with E-state index in [1.807, 2.05) is 24.3 Å². The molecule has 0 N–H and O–H groups in total. The minimum Gasteiger partial charge on any atom is -0.493 e. The molecule has 3 rings (SSSR count). The Morgan fingerprint density at radius 1 is 1.00 bits per heavy atom. The average molecular weight is 284 g/mol. The third kappa shape index (κ3) is 2.63. The van der Waals surface area contributed by atoms with E-state index in [4.69, 9.17) is 9.47 Å². The van der Waals surface area contributed by atoms with Gasteiger partial charge in [0.2, 0.25) is 0 Å². The van der Waals surface area contributed by atoms with Crippen molar-refractivity contribution in [2.75, 3.05) is 7.11 Å². The van der Waals surface area contributed by atoms with E-state index in [2.05, 4.69) is 31.2 Å². The van der Waals surface area contributed by atoms with Gasteiger partial charge in [0, 0.05) is 9.58 Å². The van der Waals surface area contributed by atoms with Crippen molar-refractivity contribution in [1.29, 1.82) is 0 Å². The van der Waals surface area contributed by atoms with Crippen LogP contribution in [-0.4, -0.2) is 7.11 Å². The van der Waals surface area contributed by atoms with Crippen LogP contribution in [0.5, 0.6) is 11.5 Å². The average Bonchev–Trinajstić information content (AvgIpc) is 2.87. The lowest BCUT2D eigenvalue weighted by Gasteiger charge is -2.08. The number of ether oxygens (including phenoxy) is 2. The van der Waals surface area contributed by atoms with Gasteiger partial charge >= 0.3 is 0 Å². The molecule has 102 valence electrons. The van der Waals surface area contributed by atoms with Crippen LogP contribution in [0.25, 0.3) is 10.1 Å². The highest BCUT2D eigenvalue weighted by atomic mass is 32.1. The van der Waals surface area contributed by atoms with Gasteiger partial charge in [-0.3, -0.25) is 0 Å². The Morgan fingerprint density at radius 2 is 1.80 bits per heavy atom. The van der Waals surface area contributed by atoms with Crippen LogP contribution in [0, 0.1) is 6.92 Å². The van der Waals surface area contributed by atoms with Crippen LogP contribution < -0.4 is 9.47 Å². The summed E-state index contributed by atoms with van der Waals surface area (Å²) in [5, 5.41) is 1.29. The molecule has 1 aromatic heterocycles. The van der Waals surface area contributed by atoms with Crippen molar-refractivity contribution in [2.24, 2.45) is 0 Å². The van der Waals surface area contributed by atoms with Crippen molar-refractivity contribution in [3.63, 3.8) is 0 Å². The van der Waals surface area contributed by atoms with Crippen LogP contribution in [0.3, 0.4) is 0 Å². The Kier molecular flexibility index (Phi) is 3.61. The predicted molar refractivity (Wildman–Crippen MR) is 83.9 cm³/mol. The third-order valence-corrected chi connectivity index (χ3v) is 4.25. The molecule has 0 aliphatic rings. The van der Waals surface area contributed by atoms with Gasteiger partial charge in [0.1, 0.15) is 6.61 Å². The molecule has 3 heteroatoms. The third-order valence-electron chi connectivity index (χ3n) is 3.16. The van der Waals surface area contributed by atoms with E-state index in [1.54, 1.807) is 18.4 Å². The fraction of sp³-hybridized carbons (Fsp3) is 0.176. The molecule has 0 amide bonds. The molecule has 0 unspecified atom stereocenters. The standard InChI is InChI=1S/C17H16O2S/c1-12-7-8-17-13(9-12)10-14(20-17)11-19-16-6-4-3-5-15(16)18-2/h3-10H,11H2,1-2H3. The molecule has 0 atom stereocenters. The fourth-order valence-corrected chi connectivity index (χ4v) is 3.13. The molecule has 0 bridgehead atoms. The van der Waals surface area contributed by atoms with Crippen LogP contribution in [0.1, 0.15) is 10.4 Å². The Balaban J connectivity index is 1.79. The number of thiophene rings is 1. The molecule has 0 saturated carbocycles. The number of aryl methyl sites for hydroxylation is 1. The van der Waals surface area contributed by atoms with Crippen LogP contribution in [-0.2, 0) is 6.61 Å². The number of fused-ring (bicyclic) bond motifs is 1. The summed E-state index contributed by atoms with van der Waals surface area (Å²) in [4.78, 5) is 1.22. The first kappa shape index (κ1) is 13.0. The van der Waals surface area contributed by atoms with Crippen LogP contribution in [0.4, 0.5) is 0 Å². The monoisotopic (exact) mass is 284 g/mol. The van der Waals surface area contributed by atoms with E-state index in [1.165, 1.54) is 20.5 Å². The second kappa shape index (κ2) is 5.55. The zero-order chi connectivity index (χ0) is 13.9. The van der Waals surface area contributed by atoms with Crippen LogP contribution in [0.2, 0.25) is 0 Å². The van der Waals surface area contributed by atoms with E-state index in [-0.39, 0.29) is 0 Å². The molecule has 0 spiro atoms. The first-order chi connectivity index (χ1) is 9.76. The molecule has 3 aromatic rings. The topological polar surface area (TPSA) is 18.5 Å². The smallest absolute Gasteiger partial charge is 0.161 e. The molecular formula is C17H16O2S. The summed E-state index contributed by atoms with van der Waals surface area (Å²) in [5.74, 6) is 1.55. The van der Waals surface area contributed by atoms with E-state index in [9.17, 15) is 0 Å². The molecule has 1 heterocycles.